The van der Waals surface area contributed by atoms with Crippen LogP contribution in [0.25, 0.3) is 0 Å². The minimum Gasteiger partial charge on any atom is -0.450 e. The summed E-state index contributed by atoms with van der Waals surface area (Å²) in [7, 11) is 0. The number of carbonyl (C=O) groups excluding carboxylic acids is 2. The summed E-state index contributed by atoms with van der Waals surface area (Å²) in [5, 5.41) is 11.6. The van der Waals surface area contributed by atoms with Gasteiger partial charge in [-0.05, 0) is 43.3 Å². The predicted molar refractivity (Wildman–Crippen MR) is 104 cm³/mol. The fourth-order valence-corrected chi connectivity index (χ4v) is 2.89. The molecule has 2 amide bonds. The second-order valence-corrected chi connectivity index (χ2v) is 6.22. The first-order valence-corrected chi connectivity index (χ1v) is 9.05. The number of piperazine rings is 1. The van der Waals surface area contributed by atoms with Crippen molar-refractivity contribution in [3.63, 3.8) is 0 Å². The highest BCUT2D eigenvalue weighted by molar-refractivity contribution is 6.02. The zero-order valence-electron chi connectivity index (χ0n) is 15.6. The van der Waals surface area contributed by atoms with Crippen molar-refractivity contribution >= 4 is 23.4 Å². The van der Waals surface area contributed by atoms with Gasteiger partial charge in [-0.2, -0.15) is 5.26 Å². The Bertz CT molecular complexity index is 866. The van der Waals surface area contributed by atoms with E-state index in [-0.39, 0.29) is 12.0 Å². The molecule has 2 heterocycles. The van der Waals surface area contributed by atoms with Gasteiger partial charge in [0.05, 0.1) is 30.1 Å². The third kappa shape index (κ3) is 4.57. The Balaban J connectivity index is 1.56. The molecule has 1 saturated heterocycles. The molecule has 1 aromatic carbocycles. The fourth-order valence-electron chi connectivity index (χ4n) is 2.89. The lowest BCUT2D eigenvalue weighted by Crippen LogP contribution is -2.49. The van der Waals surface area contributed by atoms with Crippen LogP contribution < -0.4 is 10.2 Å². The molecule has 0 radical (unpaired) electrons. The van der Waals surface area contributed by atoms with Gasteiger partial charge in [-0.3, -0.25) is 4.79 Å². The molecule has 2 aromatic rings. The van der Waals surface area contributed by atoms with E-state index < -0.39 is 0 Å². The number of rotatable bonds is 4. The van der Waals surface area contributed by atoms with Crippen LogP contribution in [0.5, 0.6) is 0 Å². The second-order valence-electron chi connectivity index (χ2n) is 6.22. The molecule has 3 rings (SSSR count). The van der Waals surface area contributed by atoms with Crippen molar-refractivity contribution in [1.29, 1.82) is 5.26 Å². The molecule has 0 spiro atoms. The average Bonchev–Trinajstić information content (AvgIpc) is 2.74. The van der Waals surface area contributed by atoms with Gasteiger partial charge < -0.3 is 19.9 Å². The number of anilines is 2. The highest BCUT2D eigenvalue weighted by atomic mass is 16.6. The first-order chi connectivity index (χ1) is 13.6. The largest absolute Gasteiger partial charge is 0.450 e. The van der Waals surface area contributed by atoms with E-state index in [1.165, 1.54) is 0 Å². The Morgan fingerprint density at radius 1 is 1.14 bits per heavy atom. The summed E-state index contributed by atoms with van der Waals surface area (Å²) >= 11 is 0. The second kappa shape index (κ2) is 8.86. The van der Waals surface area contributed by atoms with Crippen molar-refractivity contribution in [2.45, 2.75) is 6.92 Å². The fraction of sp³-hybridized carbons (Fsp3) is 0.300. The van der Waals surface area contributed by atoms with Gasteiger partial charge in [0.25, 0.3) is 5.91 Å². The first kappa shape index (κ1) is 19.2. The van der Waals surface area contributed by atoms with Gasteiger partial charge in [0.15, 0.2) is 0 Å². The number of nitriles is 1. The van der Waals surface area contributed by atoms with E-state index in [0.29, 0.717) is 49.7 Å². The molecule has 0 bridgehead atoms. The van der Waals surface area contributed by atoms with Crippen LogP contribution in [0.3, 0.4) is 0 Å². The molecule has 0 unspecified atom stereocenters. The minimum absolute atomic E-state index is 0.282. The summed E-state index contributed by atoms with van der Waals surface area (Å²) in [5.74, 6) is -0.316. The van der Waals surface area contributed by atoms with Crippen LogP contribution in [0.15, 0.2) is 42.6 Å². The number of pyridine rings is 1. The molecule has 8 heteroatoms. The Hall–Kier alpha value is -3.60. The summed E-state index contributed by atoms with van der Waals surface area (Å²) < 4.78 is 5.02. The van der Waals surface area contributed by atoms with E-state index in [0.717, 1.165) is 5.69 Å². The number of benzene rings is 1. The molecule has 0 atom stereocenters. The number of aromatic nitrogens is 1. The third-order valence-electron chi connectivity index (χ3n) is 4.42. The van der Waals surface area contributed by atoms with Crippen molar-refractivity contribution in [3.05, 3.63) is 53.9 Å². The molecule has 1 aliphatic rings. The molecule has 1 aliphatic heterocycles. The Kier molecular flexibility index (Phi) is 6.07. The molecule has 1 fully saturated rings. The van der Waals surface area contributed by atoms with Gasteiger partial charge in [0, 0.05) is 31.9 Å². The SMILES string of the molecule is CCOC(=O)N1CCN(c2ccc(C(=O)Nc3ccc(C#N)cc3)nc2)CC1. The van der Waals surface area contributed by atoms with Crippen LogP contribution in [-0.4, -0.2) is 54.7 Å². The number of amides is 2. The first-order valence-electron chi connectivity index (χ1n) is 9.05. The quantitative estimate of drug-likeness (QED) is 0.876. The zero-order chi connectivity index (χ0) is 19.9. The molecule has 144 valence electrons. The maximum absolute atomic E-state index is 12.3. The van der Waals surface area contributed by atoms with E-state index in [1.807, 2.05) is 12.1 Å². The lowest BCUT2D eigenvalue weighted by molar-refractivity contribution is 0.101. The van der Waals surface area contributed by atoms with Gasteiger partial charge in [-0.15, -0.1) is 0 Å². The van der Waals surface area contributed by atoms with Crippen LogP contribution in [-0.2, 0) is 4.74 Å². The molecular formula is C20H21N5O3. The van der Waals surface area contributed by atoms with Crippen LogP contribution in [0, 0.1) is 11.3 Å². The molecule has 0 saturated carbocycles. The maximum atomic E-state index is 12.3. The number of hydrogen-bond donors (Lipinski definition) is 1. The summed E-state index contributed by atoms with van der Waals surface area (Å²) in [4.78, 5) is 32.1. The molecule has 28 heavy (non-hydrogen) atoms. The number of carbonyl (C=O) groups is 2. The topological polar surface area (TPSA) is 98.6 Å². The average molecular weight is 379 g/mol. The highest BCUT2D eigenvalue weighted by Crippen LogP contribution is 2.17. The number of nitrogens with one attached hydrogen (secondary N) is 1. The van der Waals surface area contributed by atoms with Gasteiger partial charge in [-0.1, -0.05) is 0 Å². The molecular weight excluding hydrogens is 358 g/mol. The van der Waals surface area contributed by atoms with E-state index in [1.54, 1.807) is 48.4 Å². The standard InChI is InChI=1S/C20H21N5O3/c1-2-28-20(27)25-11-9-24(10-12-25)17-7-8-18(22-14-17)19(26)23-16-5-3-15(13-21)4-6-16/h3-8,14H,2,9-12H2,1H3,(H,23,26). The molecule has 1 aromatic heterocycles. The van der Waals surface area contributed by atoms with Crippen LogP contribution >= 0.6 is 0 Å². The van der Waals surface area contributed by atoms with Crippen LogP contribution in [0.4, 0.5) is 16.2 Å². The Morgan fingerprint density at radius 2 is 1.86 bits per heavy atom. The number of ether oxygens (including phenoxy) is 1. The van der Waals surface area contributed by atoms with Crippen molar-refractivity contribution in [2.24, 2.45) is 0 Å². The van der Waals surface area contributed by atoms with E-state index in [2.05, 4.69) is 15.2 Å². The highest BCUT2D eigenvalue weighted by Gasteiger charge is 2.22. The Labute approximate surface area is 163 Å². The van der Waals surface area contributed by atoms with Crippen molar-refractivity contribution in [3.8, 4) is 6.07 Å². The van der Waals surface area contributed by atoms with Crippen LogP contribution in [0.1, 0.15) is 23.0 Å². The van der Waals surface area contributed by atoms with Gasteiger partial charge in [0.1, 0.15) is 5.69 Å². The van der Waals surface area contributed by atoms with E-state index >= 15 is 0 Å². The predicted octanol–water partition coefficient (Wildman–Crippen LogP) is 2.48. The molecule has 1 N–H and O–H groups in total. The van der Waals surface area contributed by atoms with Gasteiger partial charge in [-0.25, -0.2) is 9.78 Å². The van der Waals surface area contributed by atoms with Gasteiger partial charge in [0.2, 0.25) is 0 Å². The smallest absolute Gasteiger partial charge is 0.409 e. The summed E-state index contributed by atoms with van der Waals surface area (Å²) in [6.45, 7) is 4.68. The Morgan fingerprint density at radius 3 is 2.43 bits per heavy atom. The minimum atomic E-state index is -0.316. The van der Waals surface area contributed by atoms with E-state index in [9.17, 15) is 9.59 Å². The summed E-state index contributed by atoms with van der Waals surface area (Å²) in [6, 6.07) is 12.2. The van der Waals surface area contributed by atoms with E-state index in [4.69, 9.17) is 10.00 Å². The monoisotopic (exact) mass is 379 g/mol. The van der Waals surface area contributed by atoms with Crippen LogP contribution in [0.2, 0.25) is 0 Å². The normalized spacial score (nSPS) is 13.6. The lowest BCUT2D eigenvalue weighted by atomic mass is 10.2. The summed E-state index contributed by atoms with van der Waals surface area (Å²) in [6.07, 6.45) is 1.38. The third-order valence-corrected chi connectivity index (χ3v) is 4.42. The lowest BCUT2D eigenvalue weighted by Gasteiger charge is -2.35. The van der Waals surface area contributed by atoms with Crippen molar-refractivity contribution in [2.75, 3.05) is 43.0 Å². The zero-order valence-corrected chi connectivity index (χ0v) is 15.6. The summed E-state index contributed by atoms with van der Waals surface area (Å²) in [5.41, 5.74) is 2.34. The number of nitrogens with zero attached hydrogens (tertiary/aromatic N) is 4. The molecule has 8 nitrogen and oxygen atoms in total. The number of hydrogen-bond acceptors (Lipinski definition) is 6. The van der Waals surface area contributed by atoms with Crippen molar-refractivity contribution in [1.82, 2.24) is 9.88 Å². The van der Waals surface area contributed by atoms with Crippen molar-refractivity contribution < 1.29 is 14.3 Å². The maximum Gasteiger partial charge on any atom is 0.409 e. The van der Waals surface area contributed by atoms with Gasteiger partial charge >= 0.3 is 6.09 Å². The molecule has 0 aliphatic carbocycles.